The highest BCUT2D eigenvalue weighted by atomic mass is 19.4. The van der Waals surface area contributed by atoms with Crippen LogP contribution in [-0.2, 0) is 25.7 Å². The SMILES string of the molecule is CCCn1c2nc(C3CCCC3)nc-2c2n(c1=O)CC(Cc1cccc(C(F)(F)F)c1)N2. The van der Waals surface area contributed by atoms with Gasteiger partial charge in [-0.1, -0.05) is 38.0 Å². The maximum absolute atomic E-state index is 13.2. The molecule has 0 radical (unpaired) electrons. The fourth-order valence-electron chi connectivity index (χ4n) is 5.00. The van der Waals surface area contributed by atoms with Gasteiger partial charge in [-0.05, 0) is 37.3 Å². The molecule has 0 aromatic heterocycles. The summed E-state index contributed by atoms with van der Waals surface area (Å²) in [6.45, 7) is 2.95. The minimum absolute atomic E-state index is 0.147. The Bertz CT molecular complexity index is 1160. The van der Waals surface area contributed by atoms with Crippen LogP contribution in [0.4, 0.5) is 19.0 Å². The molecule has 9 heteroatoms. The molecule has 4 aliphatic rings. The number of anilines is 1. The monoisotopic (exact) mass is 445 g/mol. The molecule has 1 saturated carbocycles. The molecule has 0 bridgehead atoms. The number of rotatable bonds is 5. The van der Waals surface area contributed by atoms with E-state index in [-0.39, 0.29) is 11.7 Å². The third kappa shape index (κ3) is 3.67. The van der Waals surface area contributed by atoms with E-state index >= 15 is 0 Å². The van der Waals surface area contributed by atoms with Crippen LogP contribution in [0.1, 0.15) is 61.9 Å². The Hall–Kier alpha value is -2.84. The van der Waals surface area contributed by atoms with E-state index in [9.17, 15) is 18.0 Å². The summed E-state index contributed by atoms with van der Waals surface area (Å²) in [7, 11) is 0. The normalized spacial score (nSPS) is 18.9. The van der Waals surface area contributed by atoms with Gasteiger partial charge in [0.1, 0.15) is 17.3 Å². The van der Waals surface area contributed by atoms with Gasteiger partial charge >= 0.3 is 11.9 Å². The van der Waals surface area contributed by atoms with Gasteiger partial charge in [-0.2, -0.15) is 13.2 Å². The van der Waals surface area contributed by atoms with Crippen molar-refractivity contribution in [1.82, 2.24) is 19.1 Å². The van der Waals surface area contributed by atoms with Gasteiger partial charge in [0.2, 0.25) is 0 Å². The number of imidazole rings is 1. The van der Waals surface area contributed by atoms with Gasteiger partial charge in [-0.3, -0.25) is 9.13 Å². The molecule has 32 heavy (non-hydrogen) atoms. The van der Waals surface area contributed by atoms with Gasteiger partial charge in [-0.25, -0.2) is 14.8 Å². The molecule has 1 aromatic rings. The van der Waals surface area contributed by atoms with E-state index < -0.39 is 11.7 Å². The lowest BCUT2D eigenvalue weighted by Crippen LogP contribution is -2.32. The van der Waals surface area contributed by atoms with Crippen LogP contribution >= 0.6 is 0 Å². The summed E-state index contributed by atoms with van der Waals surface area (Å²) < 4.78 is 42.6. The molecule has 5 rings (SSSR count). The lowest BCUT2D eigenvalue weighted by Gasteiger charge is -2.13. The highest BCUT2D eigenvalue weighted by Crippen LogP contribution is 2.37. The predicted octanol–water partition coefficient (Wildman–Crippen LogP) is 4.67. The molecule has 1 atom stereocenters. The van der Waals surface area contributed by atoms with Gasteiger partial charge in [0.25, 0.3) is 0 Å². The van der Waals surface area contributed by atoms with E-state index in [0.29, 0.717) is 48.3 Å². The second kappa shape index (κ2) is 7.94. The summed E-state index contributed by atoms with van der Waals surface area (Å²) in [5.74, 6) is 2.37. The fourth-order valence-corrected chi connectivity index (χ4v) is 5.00. The summed E-state index contributed by atoms with van der Waals surface area (Å²) in [4.78, 5) is 22.9. The van der Waals surface area contributed by atoms with Crippen molar-refractivity contribution in [3.05, 3.63) is 51.7 Å². The second-order valence-electron chi connectivity index (χ2n) is 8.87. The lowest BCUT2D eigenvalue weighted by atomic mass is 10.0. The first kappa shape index (κ1) is 21.0. The first-order valence-corrected chi connectivity index (χ1v) is 11.3. The third-order valence-corrected chi connectivity index (χ3v) is 6.52. The lowest BCUT2D eigenvalue weighted by molar-refractivity contribution is -0.137. The van der Waals surface area contributed by atoms with Crippen molar-refractivity contribution in [2.24, 2.45) is 0 Å². The molecule has 1 N–H and O–H groups in total. The number of hydrogen-bond donors (Lipinski definition) is 1. The number of aromatic nitrogens is 4. The summed E-state index contributed by atoms with van der Waals surface area (Å²) in [6, 6.07) is 5.18. The van der Waals surface area contributed by atoms with Crippen LogP contribution in [-0.4, -0.2) is 25.1 Å². The van der Waals surface area contributed by atoms with Gasteiger partial charge in [0.05, 0.1) is 5.56 Å². The predicted molar refractivity (Wildman–Crippen MR) is 115 cm³/mol. The molecule has 0 amide bonds. The maximum Gasteiger partial charge on any atom is 0.416 e. The van der Waals surface area contributed by atoms with Gasteiger partial charge in [0, 0.05) is 25.0 Å². The van der Waals surface area contributed by atoms with Crippen LogP contribution in [0.3, 0.4) is 0 Å². The molecule has 0 spiro atoms. The van der Waals surface area contributed by atoms with Gasteiger partial charge < -0.3 is 5.32 Å². The smallest absolute Gasteiger partial charge is 0.365 e. The Labute approximate surface area is 183 Å². The molecule has 170 valence electrons. The van der Waals surface area contributed by atoms with Gasteiger partial charge in [-0.15, -0.1) is 0 Å². The number of halogens is 3. The molecule has 1 aliphatic carbocycles. The first-order valence-electron chi connectivity index (χ1n) is 11.3. The zero-order valence-corrected chi connectivity index (χ0v) is 18.0. The molecule has 1 aromatic carbocycles. The summed E-state index contributed by atoms with van der Waals surface area (Å²) in [5, 5.41) is 3.36. The Morgan fingerprint density at radius 3 is 2.69 bits per heavy atom. The van der Waals surface area contributed by atoms with E-state index in [0.717, 1.165) is 31.2 Å². The molecule has 1 fully saturated rings. The van der Waals surface area contributed by atoms with Crippen LogP contribution in [0.2, 0.25) is 0 Å². The van der Waals surface area contributed by atoms with E-state index in [2.05, 4.69) is 5.32 Å². The summed E-state index contributed by atoms with van der Waals surface area (Å²) in [6.07, 6.45) is 1.26. The Kier molecular flexibility index (Phi) is 5.22. The van der Waals surface area contributed by atoms with Gasteiger partial charge in [0.15, 0.2) is 5.82 Å². The zero-order chi connectivity index (χ0) is 22.5. The molecule has 3 aliphatic heterocycles. The Morgan fingerprint density at radius 1 is 1.19 bits per heavy atom. The van der Waals surface area contributed by atoms with Crippen LogP contribution < -0.4 is 11.0 Å². The molecule has 6 nitrogen and oxygen atoms in total. The largest absolute Gasteiger partial charge is 0.416 e. The third-order valence-electron chi connectivity index (χ3n) is 6.52. The standard InChI is InChI=1S/C23H26F3N5O/c1-2-10-30-21-18(28-19(29-21)15-7-3-4-8-15)20-27-17(13-31(20)22(30)32)12-14-6-5-9-16(11-14)23(24,25)26/h5-6,9,11,15,17,27H,2-4,7-8,10,12-13H2,1H3. The highest BCUT2D eigenvalue weighted by molar-refractivity contribution is 5.70. The number of alkyl halides is 3. The minimum atomic E-state index is -4.38. The van der Waals surface area contributed by atoms with Crippen molar-refractivity contribution in [3.8, 4) is 11.5 Å². The highest BCUT2D eigenvalue weighted by Gasteiger charge is 2.34. The summed E-state index contributed by atoms with van der Waals surface area (Å²) in [5.41, 5.74) is 0.461. The van der Waals surface area contributed by atoms with E-state index in [1.54, 1.807) is 15.2 Å². The zero-order valence-electron chi connectivity index (χ0n) is 18.0. The number of benzene rings is 1. The van der Waals surface area contributed by atoms with Crippen LogP contribution in [0.25, 0.3) is 11.5 Å². The minimum Gasteiger partial charge on any atom is -0.365 e. The maximum atomic E-state index is 13.2. The van der Waals surface area contributed by atoms with Crippen molar-refractivity contribution >= 4 is 5.82 Å². The van der Waals surface area contributed by atoms with Crippen molar-refractivity contribution in [1.29, 1.82) is 0 Å². The van der Waals surface area contributed by atoms with Crippen molar-refractivity contribution in [3.63, 3.8) is 0 Å². The van der Waals surface area contributed by atoms with E-state index in [1.807, 2.05) is 6.92 Å². The first-order chi connectivity index (χ1) is 15.3. The molecule has 0 saturated heterocycles. The quantitative estimate of drug-likeness (QED) is 0.620. The van der Waals surface area contributed by atoms with Crippen LogP contribution in [0.15, 0.2) is 29.1 Å². The van der Waals surface area contributed by atoms with E-state index in [4.69, 9.17) is 9.97 Å². The molecule has 1 unspecified atom stereocenters. The summed E-state index contributed by atoms with van der Waals surface area (Å²) >= 11 is 0. The Balaban J connectivity index is 1.49. The van der Waals surface area contributed by atoms with Crippen molar-refractivity contribution < 1.29 is 13.2 Å². The van der Waals surface area contributed by atoms with Crippen molar-refractivity contribution in [2.45, 2.75) is 76.7 Å². The topological polar surface area (TPSA) is 64.7 Å². The van der Waals surface area contributed by atoms with E-state index in [1.165, 1.54) is 25.0 Å². The van der Waals surface area contributed by atoms with Crippen LogP contribution in [0.5, 0.6) is 0 Å². The fraction of sp³-hybridized carbons (Fsp3) is 0.522. The average molecular weight is 445 g/mol. The molecular formula is C23H26F3N5O. The second-order valence-corrected chi connectivity index (χ2v) is 8.87. The number of hydrogen-bond acceptors (Lipinski definition) is 4. The molecular weight excluding hydrogens is 419 g/mol. The average Bonchev–Trinajstić information content (AvgIpc) is 3.49. The molecule has 3 heterocycles. The van der Waals surface area contributed by atoms with Crippen molar-refractivity contribution in [2.75, 3.05) is 5.32 Å². The number of nitrogens with zero attached hydrogens (tertiary/aromatic N) is 4. The number of fused-ring (bicyclic) bond motifs is 3. The van der Waals surface area contributed by atoms with Crippen LogP contribution in [0, 0.1) is 0 Å². The Morgan fingerprint density at radius 2 is 1.97 bits per heavy atom. The number of nitrogens with one attached hydrogen (secondary N) is 1.